The third kappa shape index (κ3) is 9.92. The van der Waals surface area contributed by atoms with Crippen molar-refractivity contribution in [3.05, 3.63) is 29.8 Å². The Hall–Kier alpha value is -1.07. The molecule has 1 aromatic carbocycles. The molecule has 3 N–H and O–H groups in total. The minimum atomic E-state index is -3.31. The van der Waals surface area contributed by atoms with Gasteiger partial charge in [-0.05, 0) is 24.5 Å². The Kier molecular flexibility index (Phi) is 11.8. The van der Waals surface area contributed by atoms with Gasteiger partial charge in [-0.15, -0.1) is 24.0 Å². The van der Waals surface area contributed by atoms with E-state index in [1.54, 1.807) is 19.2 Å². The molecule has 0 spiro atoms. The highest BCUT2D eigenvalue weighted by molar-refractivity contribution is 14.0. The van der Waals surface area contributed by atoms with Crippen LogP contribution in [-0.2, 0) is 21.3 Å². The van der Waals surface area contributed by atoms with Gasteiger partial charge in [0.2, 0.25) is 10.0 Å². The Labute approximate surface area is 186 Å². The van der Waals surface area contributed by atoms with E-state index in [1.807, 2.05) is 12.1 Å². The number of hydrogen-bond acceptors (Lipinski definition) is 4. The van der Waals surface area contributed by atoms with Gasteiger partial charge in [-0.3, -0.25) is 9.71 Å². The van der Waals surface area contributed by atoms with Crippen LogP contribution in [0.2, 0.25) is 0 Å². The van der Waals surface area contributed by atoms with E-state index < -0.39 is 10.0 Å². The number of nitrogens with one attached hydrogen (secondary N) is 3. The molecule has 0 unspecified atom stereocenters. The minimum absolute atomic E-state index is 0. The molecule has 0 bridgehead atoms. The predicted molar refractivity (Wildman–Crippen MR) is 126 cm³/mol. The molecule has 0 heterocycles. The number of guanidine groups is 1. The third-order valence-corrected chi connectivity index (χ3v) is 5.12. The predicted octanol–water partition coefficient (Wildman–Crippen LogP) is 3.08. The normalized spacial score (nSPS) is 16.0. The first-order valence-electron chi connectivity index (χ1n) is 9.60. The second-order valence-corrected chi connectivity index (χ2v) is 8.62. The molecule has 28 heavy (non-hydrogen) atoms. The summed E-state index contributed by atoms with van der Waals surface area (Å²) in [5.41, 5.74) is 1.42. The Morgan fingerprint density at radius 1 is 1.14 bits per heavy atom. The number of benzene rings is 1. The number of rotatable bonds is 8. The molecular weight excluding hydrogens is 491 g/mol. The van der Waals surface area contributed by atoms with Crippen molar-refractivity contribution in [3.63, 3.8) is 0 Å². The summed E-state index contributed by atoms with van der Waals surface area (Å²) in [6.45, 7) is 1.79. The van der Waals surface area contributed by atoms with Crippen LogP contribution in [0.1, 0.15) is 44.1 Å². The van der Waals surface area contributed by atoms with Crippen molar-refractivity contribution < 1.29 is 13.2 Å². The number of sulfonamides is 1. The first-order valence-corrected chi connectivity index (χ1v) is 11.5. The molecule has 0 atom stereocenters. The van der Waals surface area contributed by atoms with E-state index in [9.17, 15) is 8.42 Å². The van der Waals surface area contributed by atoms with Crippen LogP contribution in [0.25, 0.3) is 0 Å². The molecule has 9 heteroatoms. The number of ether oxygens (including phenoxy) is 1. The van der Waals surface area contributed by atoms with Gasteiger partial charge in [0, 0.05) is 20.1 Å². The molecule has 1 saturated carbocycles. The lowest BCUT2D eigenvalue weighted by Gasteiger charge is -2.17. The number of nitrogens with zero attached hydrogens (tertiary/aromatic N) is 1. The molecular formula is C19H33IN4O3S. The van der Waals surface area contributed by atoms with Gasteiger partial charge in [0.15, 0.2) is 5.96 Å². The number of para-hydroxylation sites is 1. The van der Waals surface area contributed by atoms with Crippen molar-refractivity contribution >= 4 is 45.6 Å². The fraction of sp³-hybridized carbons (Fsp3) is 0.632. The van der Waals surface area contributed by atoms with Crippen LogP contribution in [-0.4, -0.2) is 46.9 Å². The van der Waals surface area contributed by atoms with Gasteiger partial charge < -0.3 is 15.4 Å². The van der Waals surface area contributed by atoms with Gasteiger partial charge in [0.1, 0.15) is 0 Å². The lowest BCUT2D eigenvalue weighted by molar-refractivity contribution is 0.0468. The van der Waals surface area contributed by atoms with E-state index in [2.05, 4.69) is 20.3 Å². The van der Waals surface area contributed by atoms with Gasteiger partial charge in [0.05, 0.1) is 24.7 Å². The van der Waals surface area contributed by atoms with E-state index in [0.717, 1.165) is 24.7 Å². The summed E-state index contributed by atoms with van der Waals surface area (Å²) in [4.78, 5) is 4.21. The van der Waals surface area contributed by atoms with Gasteiger partial charge in [-0.1, -0.05) is 43.9 Å². The smallest absolute Gasteiger partial charge is 0.229 e. The Morgan fingerprint density at radius 2 is 1.82 bits per heavy atom. The van der Waals surface area contributed by atoms with E-state index in [1.165, 1.54) is 25.7 Å². The van der Waals surface area contributed by atoms with Crippen LogP contribution in [0.15, 0.2) is 29.3 Å². The van der Waals surface area contributed by atoms with Crippen LogP contribution < -0.4 is 15.4 Å². The number of halogens is 1. The maximum atomic E-state index is 11.5. The largest absolute Gasteiger partial charge is 0.376 e. The topological polar surface area (TPSA) is 91.8 Å². The summed E-state index contributed by atoms with van der Waals surface area (Å²) in [6, 6.07) is 7.30. The van der Waals surface area contributed by atoms with Gasteiger partial charge in [-0.2, -0.15) is 0 Å². The van der Waals surface area contributed by atoms with Crippen molar-refractivity contribution in [2.75, 3.05) is 31.2 Å². The first kappa shape index (κ1) is 25.0. The zero-order chi connectivity index (χ0) is 19.5. The third-order valence-electron chi connectivity index (χ3n) is 4.53. The maximum Gasteiger partial charge on any atom is 0.229 e. The van der Waals surface area contributed by atoms with E-state index in [0.29, 0.717) is 37.4 Å². The molecule has 7 nitrogen and oxygen atoms in total. The molecule has 1 aromatic rings. The van der Waals surface area contributed by atoms with Crippen molar-refractivity contribution in [2.45, 2.75) is 51.2 Å². The highest BCUT2D eigenvalue weighted by Crippen LogP contribution is 2.19. The lowest BCUT2D eigenvalue weighted by Crippen LogP contribution is -2.39. The Balaban J connectivity index is 0.00000392. The summed E-state index contributed by atoms with van der Waals surface area (Å²) in [5.74, 6) is 0.661. The lowest BCUT2D eigenvalue weighted by atomic mass is 10.1. The number of anilines is 1. The highest BCUT2D eigenvalue weighted by atomic mass is 127. The fourth-order valence-corrected chi connectivity index (χ4v) is 3.78. The van der Waals surface area contributed by atoms with Crippen LogP contribution in [0, 0.1) is 0 Å². The summed E-state index contributed by atoms with van der Waals surface area (Å²) in [5, 5.41) is 6.45. The minimum Gasteiger partial charge on any atom is -0.376 e. The SMILES string of the molecule is CN=C(NCCOC1CCCCCC1)NCc1ccccc1NS(C)(=O)=O.I. The monoisotopic (exact) mass is 524 g/mol. The zero-order valence-corrected chi connectivity index (χ0v) is 19.9. The summed E-state index contributed by atoms with van der Waals surface area (Å²) >= 11 is 0. The maximum absolute atomic E-state index is 11.5. The van der Waals surface area contributed by atoms with Crippen molar-refractivity contribution in [2.24, 2.45) is 4.99 Å². The van der Waals surface area contributed by atoms with Crippen molar-refractivity contribution in [1.29, 1.82) is 0 Å². The van der Waals surface area contributed by atoms with Crippen LogP contribution in [0.3, 0.4) is 0 Å². The Bertz CT molecular complexity index is 705. The van der Waals surface area contributed by atoms with Crippen molar-refractivity contribution in [1.82, 2.24) is 10.6 Å². The summed E-state index contributed by atoms with van der Waals surface area (Å²) in [7, 11) is -1.60. The average molecular weight is 524 g/mol. The van der Waals surface area contributed by atoms with Crippen molar-refractivity contribution in [3.8, 4) is 0 Å². The van der Waals surface area contributed by atoms with E-state index in [-0.39, 0.29) is 24.0 Å². The number of aliphatic imine (C=N–C) groups is 1. The molecule has 1 aliphatic rings. The molecule has 0 saturated heterocycles. The number of hydrogen-bond donors (Lipinski definition) is 3. The molecule has 0 aromatic heterocycles. The summed E-state index contributed by atoms with van der Waals surface area (Å²) in [6.07, 6.45) is 9.04. The first-order chi connectivity index (χ1) is 13.0. The van der Waals surface area contributed by atoms with E-state index >= 15 is 0 Å². The standard InChI is InChI=1S/C19H32N4O3S.HI/c1-20-19(21-13-14-26-17-10-5-3-4-6-11-17)22-15-16-9-7-8-12-18(16)23-27(2,24)25;/h7-9,12,17,23H,3-6,10-11,13-15H2,1-2H3,(H2,20,21,22);1H. The van der Waals surface area contributed by atoms with Gasteiger partial charge in [0.25, 0.3) is 0 Å². The highest BCUT2D eigenvalue weighted by Gasteiger charge is 2.12. The molecule has 1 fully saturated rings. The summed E-state index contributed by atoms with van der Waals surface area (Å²) < 4.78 is 31.5. The second-order valence-electron chi connectivity index (χ2n) is 6.87. The fourth-order valence-electron chi connectivity index (χ4n) is 3.18. The molecule has 0 aliphatic heterocycles. The van der Waals surface area contributed by atoms with Crippen LogP contribution in [0.4, 0.5) is 5.69 Å². The quantitative estimate of drug-likeness (QED) is 0.160. The second kappa shape index (κ2) is 13.2. The molecule has 0 radical (unpaired) electrons. The van der Waals surface area contributed by atoms with Gasteiger partial charge >= 0.3 is 0 Å². The van der Waals surface area contributed by atoms with Gasteiger partial charge in [-0.25, -0.2) is 8.42 Å². The van der Waals surface area contributed by atoms with Crippen LogP contribution in [0.5, 0.6) is 0 Å². The molecule has 2 rings (SSSR count). The molecule has 160 valence electrons. The average Bonchev–Trinajstić information content (AvgIpc) is 2.90. The molecule has 0 amide bonds. The van der Waals surface area contributed by atoms with E-state index in [4.69, 9.17) is 4.74 Å². The Morgan fingerprint density at radius 3 is 2.46 bits per heavy atom. The molecule has 1 aliphatic carbocycles. The zero-order valence-electron chi connectivity index (χ0n) is 16.7. The van der Waals surface area contributed by atoms with Crippen LogP contribution >= 0.6 is 24.0 Å².